The van der Waals surface area contributed by atoms with E-state index in [1.54, 1.807) is 42.5 Å². The van der Waals surface area contributed by atoms with E-state index in [2.05, 4.69) is 5.32 Å². The number of fused-ring (bicyclic) bond motifs is 1. The first-order chi connectivity index (χ1) is 17.8. The minimum atomic E-state index is -1.77. The Balaban J connectivity index is 1.66. The molecule has 3 aromatic carbocycles. The number of halogens is 1. The largest absolute Gasteiger partial charge is 0.493 e. The minimum Gasteiger partial charge on any atom is -0.493 e. The molecule has 4 atom stereocenters. The molecule has 2 aliphatic rings. The number of anilines is 1. The number of hydrogen-bond donors (Lipinski definition) is 2. The van der Waals surface area contributed by atoms with Crippen LogP contribution in [0.4, 0.5) is 10.1 Å². The molecular formula is C28H25FN2O6. The van der Waals surface area contributed by atoms with Crippen LogP contribution in [0.3, 0.4) is 0 Å². The van der Waals surface area contributed by atoms with E-state index in [1.165, 1.54) is 26.4 Å². The van der Waals surface area contributed by atoms with Gasteiger partial charge in [-0.25, -0.2) is 9.29 Å². The molecule has 2 fully saturated rings. The second-order valence-electron chi connectivity index (χ2n) is 9.17. The highest BCUT2D eigenvalue weighted by Crippen LogP contribution is 2.51. The van der Waals surface area contributed by atoms with Gasteiger partial charge in [0.15, 0.2) is 11.5 Å². The van der Waals surface area contributed by atoms with Crippen molar-refractivity contribution < 1.29 is 33.4 Å². The zero-order valence-electron chi connectivity index (χ0n) is 20.2. The van der Waals surface area contributed by atoms with Gasteiger partial charge in [-0.2, -0.15) is 0 Å². The summed E-state index contributed by atoms with van der Waals surface area (Å²) in [4.78, 5) is 41.6. The number of carboxylic acid groups (broad SMARTS) is 1. The highest BCUT2D eigenvalue weighted by molar-refractivity contribution is 6.24. The third kappa shape index (κ3) is 3.92. The van der Waals surface area contributed by atoms with Crippen molar-refractivity contribution in [3.05, 3.63) is 89.7 Å². The lowest BCUT2D eigenvalue weighted by Crippen LogP contribution is -2.57. The summed E-state index contributed by atoms with van der Waals surface area (Å²) in [5.74, 6) is -4.30. The molecule has 8 nitrogen and oxygen atoms in total. The number of imide groups is 1. The van der Waals surface area contributed by atoms with Gasteiger partial charge in [-0.15, -0.1) is 0 Å². The fourth-order valence-electron chi connectivity index (χ4n) is 5.53. The maximum atomic E-state index is 13.9. The van der Waals surface area contributed by atoms with Gasteiger partial charge in [0.1, 0.15) is 11.4 Å². The summed E-state index contributed by atoms with van der Waals surface area (Å²) in [5, 5.41) is 13.8. The Kier molecular flexibility index (Phi) is 6.16. The van der Waals surface area contributed by atoms with E-state index in [0.29, 0.717) is 22.6 Å². The van der Waals surface area contributed by atoms with Crippen LogP contribution >= 0.6 is 0 Å². The molecule has 190 valence electrons. The fourth-order valence-corrected chi connectivity index (χ4v) is 5.53. The van der Waals surface area contributed by atoms with Crippen LogP contribution in [0.2, 0.25) is 0 Å². The average molecular weight is 505 g/mol. The Morgan fingerprint density at radius 2 is 1.65 bits per heavy atom. The quantitative estimate of drug-likeness (QED) is 0.476. The number of carbonyl (C=O) groups is 3. The first-order valence-electron chi connectivity index (χ1n) is 11.7. The van der Waals surface area contributed by atoms with Gasteiger partial charge in [0.05, 0.1) is 31.7 Å². The monoisotopic (exact) mass is 504 g/mol. The highest BCUT2D eigenvalue weighted by atomic mass is 19.1. The molecule has 0 bridgehead atoms. The summed E-state index contributed by atoms with van der Waals surface area (Å²) in [6, 6.07) is 18.2. The minimum absolute atomic E-state index is 0.0234. The van der Waals surface area contributed by atoms with E-state index in [0.717, 1.165) is 17.0 Å². The third-order valence-electron chi connectivity index (χ3n) is 7.21. The molecule has 2 amide bonds. The SMILES string of the molecule is COc1ccc([C@@H]2N[C@](Cc3ccccc3)(C(=O)O)[C@H]3C(=O)N(c4ccc(F)cc4)C(=O)[C@@H]23)cc1OC. The summed E-state index contributed by atoms with van der Waals surface area (Å²) in [6.07, 6.45) is -0.0234. The highest BCUT2D eigenvalue weighted by Gasteiger charge is 2.68. The molecule has 0 saturated carbocycles. The number of nitrogens with one attached hydrogen (secondary N) is 1. The molecule has 2 aliphatic heterocycles. The van der Waals surface area contributed by atoms with Gasteiger partial charge in [0.25, 0.3) is 0 Å². The number of rotatable bonds is 7. The van der Waals surface area contributed by atoms with Gasteiger partial charge in [-0.3, -0.25) is 19.7 Å². The molecular weight excluding hydrogens is 479 g/mol. The topological polar surface area (TPSA) is 105 Å². The lowest BCUT2D eigenvalue weighted by molar-refractivity contribution is -0.148. The first kappa shape index (κ1) is 24.5. The Bertz CT molecular complexity index is 1360. The standard InChI is InChI=1S/C28H25FN2O6/c1-36-20-13-8-17(14-21(20)37-2)24-22-23(26(33)31(25(22)32)19-11-9-18(29)10-12-19)28(30-24,27(34)35)15-16-6-4-3-5-7-16/h3-14,22-24,30H,15H2,1-2H3,(H,34,35)/t22-,23-,24+,28+/m1/s1. The lowest BCUT2D eigenvalue weighted by atomic mass is 9.76. The van der Waals surface area contributed by atoms with E-state index < -0.39 is 47.0 Å². The molecule has 0 aliphatic carbocycles. The summed E-state index contributed by atoms with van der Waals surface area (Å²) < 4.78 is 24.3. The number of aliphatic carboxylic acids is 1. The predicted octanol–water partition coefficient (Wildman–Crippen LogP) is 3.36. The summed E-state index contributed by atoms with van der Waals surface area (Å²) in [6.45, 7) is 0. The number of methoxy groups -OCH3 is 2. The van der Waals surface area contributed by atoms with Crippen LogP contribution in [0, 0.1) is 17.7 Å². The summed E-state index contributed by atoms with van der Waals surface area (Å²) in [7, 11) is 2.97. The smallest absolute Gasteiger partial charge is 0.325 e. The molecule has 2 heterocycles. The van der Waals surface area contributed by atoms with Crippen LogP contribution in [0.5, 0.6) is 11.5 Å². The van der Waals surface area contributed by atoms with E-state index in [9.17, 15) is 23.9 Å². The van der Waals surface area contributed by atoms with Crippen LogP contribution in [0.25, 0.3) is 0 Å². The van der Waals surface area contributed by atoms with E-state index >= 15 is 0 Å². The molecule has 0 aromatic heterocycles. The van der Waals surface area contributed by atoms with Crippen molar-refractivity contribution in [3.8, 4) is 11.5 Å². The van der Waals surface area contributed by atoms with Gasteiger partial charge < -0.3 is 14.6 Å². The third-order valence-corrected chi connectivity index (χ3v) is 7.21. The molecule has 2 saturated heterocycles. The average Bonchev–Trinajstić information content (AvgIpc) is 3.38. The van der Waals surface area contributed by atoms with Crippen molar-refractivity contribution in [2.45, 2.75) is 18.0 Å². The van der Waals surface area contributed by atoms with Crippen molar-refractivity contribution in [3.63, 3.8) is 0 Å². The second-order valence-corrected chi connectivity index (χ2v) is 9.17. The number of carboxylic acids is 1. The zero-order chi connectivity index (χ0) is 26.3. The second kappa shape index (κ2) is 9.33. The maximum Gasteiger partial charge on any atom is 0.325 e. The fraction of sp³-hybridized carbons (Fsp3) is 0.250. The number of amides is 2. The van der Waals surface area contributed by atoms with Gasteiger partial charge in [0.2, 0.25) is 11.8 Å². The van der Waals surface area contributed by atoms with Gasteiger partial charge in [-0.05, 0) is 47.5 Å². The molecule has 0 spiro atoms. The van der Waals surface area contributed by atoms with Crippen LogP contribution in [-0.4, -0.2) is 42.6 Å². The number of hydrogen-bond acceptors (Lipinski definition) is 6. The molecule has 0 unspecified atom stereocenters. The van der Waals surface area contributed by atoms with E-state index in [-0.39, 0.29) is 12.1 Å². The molecule has 0 radical (unpaired) electrons. The molecule has 9 heteroatoms. The van der Waals surface area contributed by atoms with E-state index in [4.69, 9.17) is 9.47 Å². The predicted molar refractivity (Wildman–Crippen MR) is 132 cm³/mol. The summed E-state index contributed by atoms with van der Waals surface area (Å²) >= 11 is 0. The zero-order valence-corrected chi connectivity index (χ0v) is 20.2. The normalized spacial score (nSPS) is 24.7. The first-order valence-corrected chi connectivity index (χ1v) is 11.7. The lowest BCUT2D eigenvalue weighted by Gasteiger charge is -2.31. The number of carbonyl (C=O) groups excluding carboxylic acids is 2. The number of ether oxygens (including phenoxy) is 2. The number of nitrogens with zero attached hydrogens (tertiary/aromatic N) is 1. The van der Waals surface area contributed by atoms with Gasteiger partial charge in [0, 0.05) is 12.5 Å². The summed E-state index contributed by atoms with van der Waals surface area (Å²) in [5.41, 5.74) is -0.308. The van der Waals surface area contributed by atoms with Gasteiger partial charge in [-0.1, -0.05) is 36.4 Å². The van der Waals surface area contributed by atoms with Crippen LogP contribution in [0.15, 0.2) is 72.8 Å². The van der Waals surface area contributed by atoms with Crippen molar-refractivity contribution in [1.82, 2.24) is 5.32 Å². The molecule has 37 heavy (non-hydrogen) atoms. The Labute approximate surface area is 212 Å². The van der Waals surface area contributed by atoms with Crippen LogP contribution in [0.1, 0.15) is 17.2 Å². The van der Waals surface area contributed by atoms with Crippen LogP contribution in [-0.2, 0) is 20.8 Å². The van der Waals surface area contributed by atoms with Crippen LogP contribution < -0.4 is 19.7 Å². The van der Waals surface area contributed by atoms with E-state index in [1.807, 2.05) is 6.07 Å². The Morgan fingerprint density at radius 3 is 2.27 bits per heavy atom. The Hall–Kier alpha value is -4.24. The molecule has 2 N–H and O–H groups in total. The van der Waals surface area contributed by atoms with Crippen molar-refractivity contribution in [2.24, 2.45) is 11.8 Å². The van der Waals surface area contributed by atoms with Crippen molar-refractivity contribution in [1.29, 1.82) is 0 Å². The maximum absolute atomic E-state index is 13.9. The van der Waals surface area contributed by atoms with Crippen molar-refractivity contribution >= 4 is 23.5 Å². The Morgan fingerprint density at radius 1 is 0.973 bits per heavy atom. The molecule has 3 aromatic rings. The number of benzene rings is 3. The van der Waals surface area contributed by atoms with Gasteiger partial charge >= 0.3 is 5.97 Å². The van der Waals surface area contributed by atoms with Crippen molar-refractivity contribution in [2.75, 3.05) is 19.1 Å². The molecule has 5 rings (SSSR count).